The van der Waals surface area contributed by atoms with E-state index < -0.39 is 0 Å². The SMILES string of the molecule is Cc1ccc(-n2nc(C(C)(C)C)cc2NC(=O)Nc2ccc(Oc3ccnc(N)c3)c3ccccc23)cc1. The molecule has 8 nitrogen and oxygen atoms in total. The number of benzene rings is 3. The van der Waals surface area contributed by atoms with Gasteiger partial charge in [0.25, 0.3) is 0 Å². The summed E-state index contributed by atoms with van der Waals surface area (Å²) in [5, 5.41) is 12.5. The molecule has 0 spiro atoms. The van der Waals surface area contributed by atoms with Crippen LogP contribution >= 0.6 is 0 Å². The lowest BCUT2D eigenvalue weighted by atomic mass is 9.92. The third-order valence-electron chi connectivity index (χ3n) is 6.11. The Labute approximate surface area is 221 Å². The van der Waals surface area contributed by atoms with Crippen LogP contribution in [-0.2, 0) is 5.41 Å². The van der Waals surface area contributed by atoms with Crippen molar-refractivity contribution < 1.29 is 9.53 Å². The zero-order valence-electron chi connectivity index (χ0n) is 21.8. The highest BCUT2D eigenvalue weighted by Gasteiger charge is 2.22. The standard InChI is InChI=1S/C30H30N6O2/c1-19-9-11-20(12-10-19)36-28(18-26(35-36)30(2,3)4)34-29(37)33-24-13-14-25(23-8-6-5-7-22(23)24)38-21-15-16-32-27(31)17-21/h5-18H,1-4H3,(H2,31,32)(H2,33,34,37). The van der Waals surface area contributed by atoms with Crippen molar-refractivity contribution in [2.45, 2.75) is 33.1 Å². The molecule has 0 bridgehead atoms. The number of fused-ring (bicyclic) bond motifs is 1. The lowest BCUT2D eigenvalue weighted by Crippen LogP contribution is -2.21. The summed E-state index contributed by atoms with van der Waals surface area (Å²) in [6, 6.07) is 24.3. The fourth-order valence-electron chi connectivity index (χ4n) is 4.08. The second-order valence-electron chi connectivity index (χ2n) is 10.2. The Morgan fingerprint density at radius 1 is 0.921 bits per heavy atom. The summed E-state index contributed by atoms with van der Waals surface area (Å²) in [6.45, 7) is 8.31. The summed E-state index contributed by atoms with van der Waals surface area (Å²) >= 11 is 0. The van der Waals surface area contributed by atoms with Crippen LogP contribution in [-0.4, -0.2) is 20.8 Å². The fourth-order valence-corrected chi connectivity index (χ4v) is 4.08. The van der Waals surface area contributed by atoms with Gasteiger partial charge in [0.15, 0.2) is 0 Å². The largest absolute Gasteiger partial charge is 0.457 e. The average molecular weight is 507 g/mol. The molecule has 0 atom stereocenters. The summed E-state index contributed by atoms with van der Waals surface area (Å²) in [5.41, 5.74) is 9.15. The maximum atomic E-state index is 13.2. The molecule has 2 amide bonds. The summed E-state index contributed by atoms with van der Waals surface area (Å²) in [4.78, 5) is 17.2. The predicted molar refractivity (Wildman–Crippen MR) is 152 cm³/mol. The maximum absolute atomic E-state index is 13.2. The number of ether oxygens (including phenoxy) is 1. The van der Waals surface area contributed by atoms with Crippen LogP contribution in [0.5, 0.6) is 11.5 Å². The minimum absolute atomic E-state index is 0.186. The molecule has 5 rings (SSSR count). The molecule has 0 unspecified atom stereocenters. The van der Waals surface area contributed by atoms with Crippen LogP contribution in [0.25, 0.3) is 16.5 Å². The predicted octanol–water partition coefficient (Wildman–Crippen LogP) is 7.04. The molecular weight excluding hydrogens is 476 g/mol. The number of aryl methyl sites for hydroxylation is 1. The monoisotopic (exact) mass is 506 g/mol. The highest BCUT2D eigenvalue weighted by Crippen LogP contribution is 2.35. The number of carbonyl (C=O) groups excluding carboxylic acids is 1. The van der Waals surface area contributed by atoms with Gasteiger partial charge in [-0.25, -0.2) is 14.5 Å². The van der Waals surface area contributed by atoms with Gasteiger partial charge in [-0.2, -0.15) is 5.10 Å². The molecule has 0 aliphatic heterocycles. The van der Waals surface area contributed by atoms with E-state index in [-0.39, 0.29) is 11.4 Å². The first-order valence-corrected chi connectivity index (χ1v) is 12.3. The number of aromatic nitrogens is 3. The Bertz CT molecular complexity index is 1620. The molecule has 2 aromatic heterocycles. The van der Waals surface area contributed by atoms with Gasteiger partial charge in [-0.05, 0) is 37.3 Å². The smallest absolute Gasteiger partial charge is 0.324 e. The number of nitrogen functional groups attached to an aromatic ring is 1. The Hall–Kier alpha value is -4.85. The molecule has 0 fully saturated rings. The number of rotatable bonds is 5. The van der Waals surface area contributed by atoms with Crippen LogP contribution in [0.3, 0.4) is 0 Å². The Morgan fingerprint density at radius 2 is 1.66 bits per heavy atom. The fraction of sp³-hybridized carbons (Fsp3) is 0.167. The molecule has 0 aliphatic carbocycles. The van der Waals surface area contributed by atoms with E-state index in [2.05, 4.69) is 36.4 Å². The molecule has 0 saturated carbocycles. The van der Waals surface area contributed by atoms with Gasteiger partial charge >= 0.3 is 6.03 Å². The Morgan fingerprint density at radius 3 is 2.37 bits per heavy atom. The first-order valence-electron chi connectivity index (χ1n) is 12.3. The lowest BCUT2D eigenvalue weighted by Gasteiger charge is -2.14. The number of carbonyl (C=O) groups is 1. The van der Waals surface area contributed by atoms with Gasteiger partial charge in [0, 0.05) is 34.5 Å². The van der Waals surface area contributed by atoms with Crippen molar-refractivity contribution in [2.24, 2.45) is 0 Å². The third-order valence-corrected chi connectivity index (χ3v) is 6.11. The first kappa shape index (κ1) is 24.8. The maximum Gasteiger partial charge on any atom is 0.324 e. The highest BCUT2D eigenvalue weighted by atomic mass is 16.5. The summed E-state index contributed by atoms with van der Waals surface area (Å²) in [7, 11) is 0. The van der Waals surface area contributed by atoms with Crippen LogP contribution in [0.4, 0.5) is 22.1 Å². The topological polar surface area (TPSA) is 107 Å². The average Bonchev–Trinajstić information content (AvgIpc) is 3.30. The summed E-state index contributed by atoms with van der Waals surface area (Å²) in [5.74, 6) is 2.18. The van der Waals surface area contributed by atoms with Crippen LogP contribution in [0.1, 0.15) is 32.0 Å². The number of hydrogen-bond acceptors (Lipinski definition) is 5. The Kier molecular flexibility index (Phi) is 6.46. The van der Waals surface area contributed by atoms with Crippen molar-refractivity contribution in [3.05, 3.63) is 96.3 Å². The van der Waals surface area contributed by atoms with Gasteiger partial charge in [0.05, 0.1) is 17.1 Å². The van der Waals surface area contributed by atoms with Crippen LogP contribution < -0.4 is 21.1 Å². The van der Waals surface area contributed by atoms with E-state index >= 15 is 0 Å². The van der Waals surface area contributed by atoms with Gasteiger partial charge in [0.2, 0.25) is 0 Å². The lowest BCUT2D eigenvalue weighted by molar-refractivity contribution is 0.262. The van der Waals surface area contributed by atoms with Crippen LogP contribution in [0.2, 0.25) is 0 Å². The van der Waals surface area contributed by atoms with Crippen molar-refractivity contribution in [1.82, 2.24) is 14.8 Å². The number of hydrogen-bond donors (Lipinski definition) is 3. The highest BCUT2D eigenvalue weighted by molar-refractivity contribution is 6.07. The van der Waals surface area contributed by atoms with E-state index in [1.807, 2.05) is 73.7 Å². The van der Waals surface area contributed by atoms with E-state index in [0.717, 1.165) is 27.7 Å². The van der Waals surface area contributed by atoms with Crippen molar-refractivity contribution in [2.75, 3.05) is 16.4 Å². The van der Waals surface area contributed by atoms with E-state index in [1.165, 1.54) is 0 Å². The summed E-state index contributed by atoms with van der Waals surface area (Å²) in [6.07, 6.45) is 1.60. The molecule has 8 heteroatoms. The molecule has 38 heavy (non-hydrogen) atoms. The zero-order valence-corrected chi connectivity index (χ0v) is 21.8. The van der Waals surface area contributed by atoms with Gasteiger partial charge < -0.3 is 15.8 Å². The van der Waals surface area contributed by atoms with E-state index in [4.69, 9.17) is 15.6 Å². The molecule has 2 heterocycles. The van der Waals surface area contributed by atoms with Crippen LogP contribution in [0, 0.1) is 6.92 Å². The van der Waals surface area contributed by atoms with Gasteiger partial charge in [-0.15, -0.1) is 0 Å². The molecule has 3 aromatic carbocycles. The first-order chi connectivity index (χ1) is 18.2. The second kappa shape index (κ2) is 9.89. The second-order valence-corrected chi connectivity index (χ2v) is 10.2. The number of nitrogens with one attached hydrogen (secondary N) is 2. The van der Waals surface area contributed by atoms with Gasteiger partial charge in [-0.1, -0.05) is 62.7 Å². The molecule has 192 valence electrons. The minimum atomic E-state index is -0.376. The molecular formula is C30H30N6O2. The van der Waals surface area contributed by atoms with E-state index in [0.29, 0.717) is 28.8 Å². The van der Waals surface area contributed by atoms with Crippen molar-refractivity contribution in [3.63, 3.8) is 0 Å². The Balaban J connectivity index is 1.43. The molecule has 0 radical (unpaired) electrons. The molecule has 5 aromatic rings. The number of nitrogens with zero attached hydrogens (tertiary/aromatic N) is 3. The summed E-state index contributed by atoms with van der Waals surface area (Å²) < 4.78 is 7.83. The minimum Gasteiger partial charge on any atom is -0.457 e. The van der Waals surface area contributed by atoms with Crippen LogP contribution in [0.15, 0.2) is 85.1 Å². The van der Waals surface area contributed by atoms with E-state index in [9.17, 15) is 4.79 Å². The molecule has 0 saturated heterocycles. The van der Waals surface area contributed by atoms with Gasteiger partial charge in [-0.3, -0.25) is 5.32 Å². The number of amides is 2. The van der Waals surface area contributed by atoms with E-state index in [1.54, 1.807) is 23.0 Å². The zero-order chi connectivity index (χ0) is 26.9. The number of urea groups is 1. The van der Waals surface area contributed by atoms with Gasteiger partial charge in [0.1, 0.15) is 23.1 Å². The number of anilines is 3. The van der Waals surface area contributed by atoms with Crippen molar-refractivity contribution >= 4 is 34.1 Å². The third kappa shape index (κ3) is 5.29. The quantitative estimate of drug-likeness (QED) is 0.237. The van der Waals surface area contributed by atoms with Crippen molar-refractivity contribution in [3.8, 4) is 17.2 Å². The number of nitrogens with two attached hydrogens (primary N) is 1. The molecule has 0 aliphatic rings. The molecule has 4 N–H and O–H groups in total. The number of pyridine rings is 1. The van der Waals surface area contributed by atoms with Crippen molar-refractivity contribution in [1.29, 1.82) is 0 Å². The normalized spacial score (nSPS) is 11.4.